The Kier molecular flexibility index (Phi) is 5.03. The number of aryl methyl sites for hydroxylation is 1. The molecule has 0 unspecified atom stereocenters. The van der Waals surface area contributed by atoms with Crippen molar-refractivity contribution in [2.45, 2.75) is 51.6 Å². The van der Waals surface area contributed by atoms with Crippen molar-refractivity contribution in [3.63, 3.8) is 0 Å². The highest BCUT2D eigenvalue weighted by atomic mass is 32.1. The first-order chi connectivity index (χ1) is 13.1. The Bertz CT molecular complexity index is 1100. The maximum atomic E-state index is 12.9. The minimum atomic E-state index is -0.192. The zero-order valence-corrected chi connectivity index (χ0v) is 16.1. The molecule has 1 aliphatic carbocycles. The van der Waals surface area contributed by atoms with Crippen LogP contribution in [-0.4, -0.2) is 26.1 Å². The number of thiophene rings is 1. The van der Waals surface area contributed by atoms with Gasteiger partial charge in [0.1, 0.15) is 16.9 Å². The summed E-state index contributed by atoms with van der Waals surface area (Å²) in [6, 6.07) is 5.85. The van der Waals surface area contributed by atoms with E-state index in [-0.39, 0.29) is 24.1 Å². The van der Waals surface area contributed by atoms with Crippen molar-refractivity contribution in [2.24, 2.45) is 4.99 Å². The number of carbonyl (C=O) groups is 1. The van der Waals surface area contributed by atoms with Crippen LogP contribution in [-0.2, 0) is 6.54 Å². The van der Waals surface area contributed by atoms with Gasteiger partial charge in [-0.25, -0.2) is 4.98 Å². The number of pyridine rings is 1. The minimum absolute atomic E-state index is 0.0570. The van der Waals surface area contributed by atoms with E-state index in [1.54, 1.807) is 16.8 Å². The average molecular weight is 382 g/mol. The molecule has 4 rings (SSSR count). The van der Waals surface area contributed by atoms with Crippen molar-refractivity contribution < 1.29 is 4.79 Å². The topological polar surface area (TPSA) is 69.2 Å². The van der Waals surface area contributed by atoms with Crippen molar-refractivity contribution in [1.82, 2.24) is 14.1 Å². The second-order valence-electron chi connectivity index (χ2n) is 7.06. The molecule has 0 saturated heterocycles. The Morgan fingerprint density at radius 3 is 2.93 bits per heavy atom. The third-order valence-corrected chi connectivity index (χ3v) is 5.83. The minimum Gasteiger partial charge on any atom is -0.289 e. The summed E-state index contributed by atoms with van der Waals surface area (Å²) in [5, 5.41) is 2.39. The number of hydrogen-bond acceptors (Lipinski definition) is 5. The molecule has 27 heavy (non-hydrogen) atoms. The molecule has 0 N–H and O–H groups in total. The zero-order chi connectivity index (χ0) is 18.8. The van der Waals surface area contributed by atoms with Crippen LogP contribution >= 0.6 is 11.3 Å². The summed E-state index contributed by atoms with van der Waals surface area (Å²) in [5.41, 5.74) is 1.55. The zero-order valence-electron chi connectivity index (χ0n) is 15.3. The maximum Gasteiger partial charge on any atom is 0.262 e. The SMILES string of the molecule is Cc1ccn(C(=O)Cn2cnc3sccc3c2=O)c(=NC2CCCCC2)c1. The van der Waals surface area contributed by atoms with Crippen LogP contribution in [0.25, 0.3) is 10.2 Å². The molecule has 6 nitrogen and oxygen atoms in total. The Morgan fingerprint density at radius 1 is 1.30 bits per heavy atom. The molecule has 1 aliphatic rings. The second kappa shape index (κ2) is 7.60. The normalized spacial score (nSPS) is 16.1. The van der Waals surface area contributed by atoms with Gasteiger partial charge in [-0.3, -0.25) is 23.7 Å². The summed E-state index contributed by atoms with van der Waals surface area (Å²) in [5.74, 6) is -0.192. The van der Waals surface area contributed by atoms with Crippen molar-refractivity contribution >= 4 is 27.5 Å². The summed E-state index contributed by atoms with van der Waals surface area (Å²) in [6.07, 6.45) is 8.98. The fourth-order valence-corrected chi connectivity index (χ4v) is 4.25. The molecule has 0 atom stereocenters. The van der Waals surface area contributed by atoms with E-state index in [4.69, 9.17) is 4.99 Å². The predicted molar refractivity (Wildman–Crippen MR) is 106 cm³/mol. The molecule has 3 heterocycles. The lowest BCUT2D eigenvalue weighted by Gasteiger charge is -2.18. The molecular formula is C20H22N4O2S. The number of hydrogen-bond donors (Lipinski definition) is 0. The quantitative estimate of drug-likeness (QED) is 0.699. The first kappa shape index (κ1) is 17.9. The summed E-state index contributed by atoms with van der Waals surface area (Å²) < 4.78 is 2.93. The number of aromatic nitrogens is 3. The summed E-state index contributed by atoms with van der Waals surface area (Å²) in [4.78, 5) is 35.3. The molecule has 0 aliphatic heterocycles. The molecule has 0 radical (unpaired) electrons. The predicted octanol–water partition coefficient (Wildman–Crippen LogP) is 3.14. The molecule has 1 fully saturated rings. The molecule has 0 bridgehead atoms. The Morgan fingerprint density at radius 2 is 2.11 bits per heavy atom. The van der Waals surface area contributed by atoms with E-state index >= 15 is 0 Å². The van der Waals surface area contributed by atoms with Gasteiger partial charge in [0.15, 0.2) is 0 Å². The van der Waals surface area contributed by atoms with Crippen LogP contribution in [0.1, 0.15) is 42.5 Å². The van der Waals surface area contributed by atoms with E-state index in [0.717, 1.165) is 18.4 Å². The second-order valence-corrected chi connectivity index (χ2v) is 7.96. The van der Waals surface area contributed by atoms with Gasteiger partial charge in [-0.2, -0.15) is 0 Å². The fraction of sp³-hybridized carbons (Fsp3) is 0.400. The first-order valence-electron chi connectivity index (χ1n) is 9.31. The van der Waals surface area contributed by atoms with Crippen LogP contribution in [0.2, 0.25) is 0 Å². The highest BCUT2D eigenvalue weighted by Crippen LogP contribution is 2.19. The van der Waals surface area contributed by atoms with E-state index < -0.39 is 0 Å². The number of nitrogens with zero attached hydrogens (tertiary/aromatic N) is 4. The van der Waals surface area contributed by atoms with Gasteiger partial charge in [0, 0.05) is 6.20 Å². The Balaban J connectivity index is 1.67. The van der Waals surface area contributed by atoms with Gasteiger partial charge in [0.05, 0.1) is 17.8 Å². The lowest BCUT2D eigenvalue weighted by Crippen LogP contribution is -2.34. The van der Waals surface area contributed by atoms with Gasteiger partial charge in [0.25, 0.3) is 11.5 Å². The van der Waals surface area contributed by atoms with Crippen molar-refractivity contribution in [1.29, 1.82) is 0 Å². The van der Waals surface area contributed by atoms with Gasteiger partial charge in [-0.05, 0) is 48.9 Å². The van der Waals surface area contributed by atoms with Gasteiger partial charge in [0.2, 0.25) is 0 Å². The van der Waals surface area contributed by atoms with Crippen LogP contribution in [0.15, 0.2) is 45.9 Å². The third-order valence-electron chi connectivity index (χ3n) is 5.00. The van der Waals surface area contributed by atoms with Gasteiger partial charge in [-0.1, -0.05) is 19.3 Å². The van der Waals surface area contributed by atoms with Gasteiger partial charge >= 0.3 is 0 Å². The van der Waals surface area contributed by atoms with Crippen molar-refractivity contribution in [2.75, 3.05) is 0 Å². The van der Waals surface area contributed by atoms with E-state index in [9.17, 15) is 9.59 Å². The lowest BCUT2D eigenvalue weighted by atomic mass is 9.96. The molecule has 3 aromatic rings. The lowest BCUT2D eigenvalue weighted by molar-refractivity contribution is 0.0883. The summed E-state index contributed by atoms with van der Waals surface area (Å²) in [6.45, 7) is 1.94. The standard InChI is InChI=1S/C20H22N4O2S/c1-14-7-9-24(17(11-14)22-15-5-3-2-4-6-15)18(25)12-23-13-21-19-16(20(23)26)8-10-27-19/h7-11,13,15H,2-6,12H2,1H3. The van der Waals surface area contributed by atoms with Gasteiger partial charge in [-0.15, -0.1) is 11.3 Å². The fourth-order valence-electron chi connectivity index (χ4n) is 3.53. The molecule has 3 aromatic heterocycles. The molecule has 0 aromatic carbocycles. The molecule has 1 saturated carbocycles. The highest BCUT2D eigenvalue weighted by molar-refractivity contribution is 7.16. The van der Waals surface area contributed by atoms with Crippen LogP contribution in [0, 0.1) is 6.92 Å². The molecular weight excluding hydrogens is 360 g/mol. The third kappa shape index (κ3) is 3.78. The van der Waals surface area contributed by atoms with Crippen molar-refractivity contribution in [3.8, 4) is 0 Å². The first-order valence-corrected chi connectivity index (χ1v) is 10.2. The molecule has 0 spiro atoms. The van der Waals surface area contributed by atoms with Crippen LogP contribution in [0.3, 0.4) is 0 Å². The number of carbonyl (C=O) groups excluding carboxylic acids is 1. The Hall–Kier alpha value is -2.54. The molecule has 7 heteroatoms. The van der Waals surface area contributed by atoms with E-state index in [2.05, 4.69) is 4.98 Å². The average Bonchev–Trinajstić information content (AvgIpc) is 3.14. The highest BCUT2D eigenvalue weighted by Gasteiger charge is 2.14. The summed E-state index contributed by atoms with van der Waals surface area (Å²) in [7, 11) is 0. The van der Waals surface area contributed by atoms with Crippen LogP contribution < -0.4 is 11.0 Å². The largest absolute Gasteiger partial charge is 0.289 e. The monoisotopic (exact) mass is 382 g/mol. The van der Waals surface area contributed by atoms with Gasteiger partial charge < -0.3 is 0 Å². The maximum absolute atomic E-state index is 12.9. The molecule has 140 valence electrons. The number of rotatable bonds is 3. The van der Waals surface area contributed by atoms with Crippen LogP contribution in [0.5, 0.6) is 0 Å². The molecule has 0 amide bonds. The number of fused-ring (bicyclic) bond motifs is 1. The van der Waals surface area contributed by atoms with E-state index in [1.165, 1.54) is 41.5 Å². The van der Waals surface area contributed by atoms with Crippen LogP contribution in [0.4, 0.5) is 0 Å². The summed E-state index contributed by atoms with van der Waals surface area (Å²) >= 11 is 1.42. The van der Waals surface area contributed by atoms with E-state index in [0.29, 0.717) is 15.7 Å². The Labute approximate surface area is 160 Å². The smallest absolute Gasteiger partial charge is 0.262 e. The van der Waals surface area contributed by atoms with Crippen molar-refractivity contribution in [3.05, 3.63) is 57.5 Å². The van der Waals surface area contributed by atoms with E-state index in [1.807, 2.05) is 24.4 Å².